The van der Waals surface area contributed by atoms with Crippen molar-refractivity contribution in [3.63, 3.8) is 0 Å². The Morgan fingerprint density at radius 3 is 2.47 bits per heavy atom. The molecular formula is C26H33N3O3. The zero-order chi connectivity index (χ0) is 22.2. The molecule has 1 aromatic heterocycles. The molecule has 3 aliphatic rings. The quantitative estimate of drug-likeness (QED) is 0.794. The lowest BCUT2D eigenvalue weighted by molar-refractivity contribution is -0.0444. The number of carbonyl (C=O) groups is 1. The first-order chi connectivity index (χ1) is 15.5. The molecule has 6 heteroatoms. The number of benzene rings is 1. The highest BCUT2D eigenvalue weighted by Crippen LogP contribution is 2.48. The highest BCUT2D eigenvalue weighted by atomic mass is 16.5. The van der Waals surface area contributed by atoms with Gasteiger partial charge in [-0.2, -0.15) is 0 Å². The highest BCUT2D eigenvalue weighted by Gasteiger charge is 2.44. The number of anilines is 1. The summed E-state index contributed by atoms with van der Waals surface area (Å²) in [4.78, 5) is 21.4. The number of aliphatic hydroxyl groups is 1. The van der Waals surface area contributed by atoms with Crippen molar-refractivity contribution < 1.29 is 14.6 Å². The van der Waals surface area contributed by atoms with Crippen molar-refractivity contribution in [3.05, 3.63) is 53.7 Å². The number of rotatable bonds is 4. The molecule has 32 heavy (non-hydrogen) atoms. The Morgan fingerprint density at radius 2 is 1.78 bits per heavy atom. The summed E-state index contributed by atoms with van der Waals surface area (Å²) in [6.45, 7) is 3.30. The second-order valence-corrected chi connectivity index (χ2v) is 9.91. The Balaban J connectivity index is 1.15. The number of hydrogen-bond donors (Lipinski definition) is 1. The van der Waals surface area contributed by atoms with E-state index >= 15 is 0 Å². The molecule has 170 valence electrons. The van der Waals surface area contributed by atoms with Crippen molar-refractivity contribution in [3.8, 4) is 5.88 Å². The third-order valence-electron chi connectivity index (χ3n) is 8.01. The zero-order valence-corrected chi connectivity index (χ0v) is 18.9. The van der Waals surface area contributed by atoms with Gasteiger partial charge in [0.1, 0.15) is 0 Å². The molecule has 2 aliphatic heterocycles. The van der Waals surface area contributed by atoms with Crippen LogP contribution < -0.4 is 9.64 Å². The number of β-amino-alcohol motifs (C(OH)–C–C–N with tert-alkyl or cyclic N) is 1. The second kappa shape index (κ2) is 8.39. The Hall–Kier alpha value is -2.60. The molecule has 0 atom stereocenters. The molecule has 1 saturated carbocycles. The average Bonchev–Trinajstić information content (AvgIpc) is 3.24. The second-order valence-electron chi connectivity index (χ2n) is 9.91. The van der Waals surface area contributed by atoms with Crippen LogP contribution in [0.25, 0.3) is 0 Å². The van der Waals surface area contributed by atoms with E-state index in [1.807, 2.05) is 4.90 Å². The summed E-state index contributed by atoms with van der Waals surface area (Å²) in [5.41, 5.74) is 2.97. The van der Waals surface area contributed by atoms with Crippen molar-refractivity contribution in [1.82, 2.24) is 9.88 Å². The first kappa shape index (κ1) is 21.3. The van der Waals surface area contributed by atoms with Crippen LogP contribution in [0.1, 0.15) is 54.4 Å². The number of nitrogens with zero attached hydrogens (tertiary/aromatic N) is 3. The standard InChI is InChI=1S/C26H33N3O3/c1-32-23-7-6-21(18-27-23)24(30)28-16-13-25(14-17-28)9-11-26(31,12-10-25)19-29-15-8-20-4-2-3-5-22(20)29/h2-7,18,31H,8-17,19H2,1H3. The Bertz CT molecular complexity index is 957. The van der Waals surface area contributed by atoms with Gasteiger partial charge in [-0.3, -0.25) is 4.79 Å². The molecule has 2 aromatic rings. The molecule has 1 N–H and O–H groups in total. The molecule has 1 aromatic carbocycles. The van der Waals surface area contributed by atoms with Crippen LogP contribution in [0.3, 0.4) is 0 Å². The van der Waals surface area contributed by atoms with Crippen molar-refractivity contribution in [2.24, 2.45) is 5.41 Å². The van der Waals surface area contributed by atoms with E-state index < -0.39 is 5.60 Å². The van der Waals surface area contributed by atoms with Gasteiger partial charge in [-0.15, -0.1) is 0 Å². The van der Waals surface area contributed by atoms with Crippen LogP contribution >= 0.6 is 0 Å². The van der Waals surface area contributed by atoms with Gasteiger partial charge in [0.25, 0.3) is 5.91 Å². The Kier molecular flexibility index (Phi) is 5.58. The maximum Gasteiger partial charge on any atom is 0.255 e. The minimum atomic E-state index is -0.607. The molecule has 6 nitrogen and oxygen atoms in total. The minimum Gasteiger partial charge on any atom is -0.481 e. The summed E-state index contributed by atoms with van der Waals surface area (Å²) in [5.74, 6) is 0.571. The molecule has 0 radical (unpaired) electrons. The molecule has 5 rings (SSSR count). The van der Waals surface area contributed by atoms with Crippen LogP contribution in [0.15, 0.2) is 42.6 Å². The minimum absolute atomic E-state index is 0.0509. The molecule has 0 bridgehead atoms. The summed E-state index contributed by atoms with van der Waals surface area (Å²) in [5, 5.41) is 11.4. The molecule has 1 amide bonds. The topological polar surface area (TPSA) is 65.9 Å². The van der Waals surface area contributed by atoms with Gasteiger partial charge >= 0.3 is 0 Å². The summed E-state index contributed by atoms with van der Waals surface area (Å²) in [7, 11) is 1.57. The van der Waals surface area contributed by atoms with Gasteiger partial charge in [0.15, 0.2) is 0 Å². The smallest absolute Gasteiger partial charge is 0.255 e. The predicted octanol–water partition coefficient (Wildman–Crippen LogP) is 3.68. The number of amides is 1. The monoisotopic (exact) mass is 435 g/mol. The number of piperidine rings is 1. The van der Waals surface area contributed by atoms with Crippen LogP contribution in [0.2, 0.25) is 0 Å². The summed E-state index contributed by atoms with van der Waals surface area (Å²) >= 11 is 0. The van der Waals surface area contributed by atoms with E-state index in [4.69, 9.17) is 4.74 Å². The van der Waals surface area contributed by atoms with Gasteiger partial charge in [0.05, 0.1) is 18.3 Å². The van der Waals surface area contributed by atoms with Crippen LogP contribution in [0.4, 0.5) is 5.69 Å². The van der Waals surface area contributed by atoms with Gasteiger partial charge in [-0.25, -0.2) is 4.98 Å². The molecule has 3 heterocycles. The Morgan fingerprint density at radius 1 is 1.03 bits per heavy atom. The summed E-state index contributed by atoms with van der Waals surface area (Å²) in [6.07, 6.45) is 8.50. The molecule has 1 saturated heterocycles. The van der Waals surface area contributed by atoms with Gasteiger partial charge in [0.2, 0.25) is 5.88 Å². The van der Waals surface area contributed by atoms with E-state index in [1.165, 1.54) is 11.3 Å². The van der Waals surface area contributed by atoms with Crippen LogP contribution in [0.5, 0.6) is 5.88 Å². The van der Waals surface area contributed by atoms with Gasteiger partial charge in [-0.05, 0) is 68.1 Å². The molecule has 2 fully saturated rings. The number of hydrogen-bond acceptors (Lipinski definition) is 5. The first-order valence-corrected chi connectivity index (χ1v) is 11.8. The number of pyridine rings is 1. The predicted molar refractivity (Wildman–Crippen MR) is 124 cm³/mol. The third-order valence-corrected chi connectivity index (χ3v) is 8.01. The summed E-state index contributed by atoms with van der Waals surface area (Å²) in [6, 6.07) is 12.1. The van der Waals surface area contributed by atoms with E-state index in [-0.39, 0.29) is 11.3 Å². The van der Waals surface area contributed by atoms with Crippen molar-refractivity contribution in [1.29, 1.82) is 0 Å². The fourth-order valence-corrected chi connectivity index (χ4v) is 5.82. The lowest BCUT2D eigenvalue weighted by Crippen LogP contribution is -2.50. The van der Waals surface area contributed by atoms with Gasteiger partial charge < -0.3 is 19.6 Å². The van der Waals surface area contributed by atoms with Crippen LogP contribution in [-0.2, 0) is 6.42 Å². The number of para-hydroxylation sites is 1. The number of carbonyl (C=O) groups excluding carboxylic acids is 1. The van der Waals surface area contributed by atoms with E-state index in [0.29, 0.717) is 11.4 Å². The maximum atomic E-state index is 12.9. The molecule has 0 unspecified atom stereocenters. The number of methoxy groups -OCH3 is 1. The van der Waals surface area contributed by atoms with Crippen LogP contribution in [-0.4, -0.2) is 59.8 Å². The lowest BCUT2D eigenvalue weighted by Gasteiger charge is -2.49. The fourth-order valence-electron chi connectivity index (χ4n) is 5.82. The highest BCUT2D eigenvalue weighted by molar-refractivity contribution is 5.94. The van der Waals surface area contributed by atoms with Crippen molar-refractivity contribution in [2.45, 2.75) is 50.5 Å². The molecule has 1 aliphatic carbocycles. The average molecular weight is 436 g/mol. The number of ether oxygens (including phenoxy) is 1. The molecule has 1 spiro atoms. The lowest BCUT2D eigenvalue weighted by atomic mass is 9.64. The van der Waals surface area contributed by atoms with Gasteiger partial charge in [0, 0.05) is 44.1 Å². The zero-order valence-electron chi connectivity index (χ0n) is 18.9. The maximum absolute atomic E-state index is 12.9. The van der Waals surface area contributed by atoms with Crippen LogP contribution in [0, 0.1) is 5.41 Å². The summed E-state index contributed by atoms with van der Waals surface area (Å²) < 4.78 is 5.09. The van der Waals surface area contributed by atoms with Crippen molar-refractivity contribution in [2.75, 3.05) is 38.2 Å². The Labute approximate surface area is 190 Å². The fraction of sp³-hybridized carbons (Fsp3) is 0.538. The van der Waals surface area contributed by atoms with Crippen molar-refractivity contribution >= 4 is 11.6 Å². The largest absolute Gasteiger partial charge is 0.481 e. The van der Waals surface area contributed by atoms with E-state index in [9.17, 15) is 9.90 Å². The molecular weight excluding hydrogens is 402 g/mol. The number of fused-ring (bicyclic) bond motifs is 1. The number of likely N-dealkylation sites (tertiary alicyclic amines) is 1. The van der Waals surface area contributed by atoms with E-state index in [2.05, 4.69) is 34.1 Å². The first-order valence-electron chi connectivity index (χ1n) is 11.8. The SMILES string of the molecule is COc1ccc(C(=O)N2CCC3(CC2)CCC(O)(CN2CCc4ccccc42)CC3)cn1. The van der Waals surface area contributed by atoms with Gasteiger partial charge in [-0.1, -0.05) is 18.2 Å². The normalized spacial score (nSPS) is 21.4. The number of aromatic nitrogens is 1. The third kappa shape index (κ3) is 4.08. The van der Waals surface area contributed by atoms with E-state index in [0.717, 1.165) is 71.1 Å². The van der Waals surface area contributed by atoms with E-state index in [1.54, 1.807) is 25.4 Å².